The Morgan fingerprint density at radius 1 is 1.00 bits per heavy atom. The number of carbonyl (C=O) groups is 1. The van der Waals surface area contributed by atoms with Crippen LogP contribution in [0.15, 0.2) is 53.3 Å². The molecule has 0 fully saturated rings. The maximum absolute atomic E-state index is 14.0. The fraction of sp³-hybridized carbons (Fsp3) is 0. The molecule has 1 aromatic heterocycles. The monoisotopic (exact) mass is 330 g/mol. The van der Waals surface area contributed by atoms with Crippen molar-refractivity contribution in [3.63, 3.8) is 0 Å². The minimum Gasteiger partial charge on any atom is -0.288 e. The van der Waals surface area contributed by atoms with E-state index in [4.69, 9.17) is 0 Å². The molecule has 5 heteroatoms. The van der Waals surface area contributed by atoms with Gasteiger partial charge in [-0.25, -0.2) is 4.39 Å². The molecule has 0 aliphatic carbocycles. The molecule has 1 heterocycles. The number of hydrogen-bond acceptors (Lipinski definition) is 3. The van der Waals surface area contributed by atoms with Crippen LogP contribution in [0.3, 0.4) is 0 Å². The second-order valence-electron chi connectivity index (χ2n) is 4.16. The number of carbonyl (C=O) groups excluding carboxylic acids is 1. The lowest BCUT2D eigenvalue weighted by atomic mass is 10.0. The van der Waals surface area contributed by atoms with Gasteiger partial charge < -0.3 is 0 Å². The maximum atomic E-state index is 14.0. The van der Waals surface area contributed by atoms with Gasteiger partial charge in [-0.05, 0) is 40.2 Å². The van der Waals surface area contributed by atoms with Crippen LogP contribution >= 0.6 is 15.9 Å². The first kappa shape index (κ1) is 12.9. The van der Waals surface area contributed by atoms with Crippen LogP contribution < -0.4 is 0 Å². The number of para-hydroxylation sites is 1. The molecule has 0 bridgehead atoms. The lowest BCUT2D eigenvalue weighted by Gasteiger charge is -2.06. The van der Waals surface area contributed by atoms with Crippen molar-refractivity contribution >= 4 is 32.7 Å². The molecule has 0 aliphatic heterocycles. The van der Waals surface area contributed by atoms with E-state index in [-0.39, 0.29) is 10.0 Å². The predicted molar refractivity (Wildman–Crippen MR) is 77.1 cm³/mol. The molecule has 3 nitrogen and oxygen atoms in total. The highest BCUT2D eigenvalue weighted by molar-refractivity contribution is 9.10. The summed E-state index contributed by atoms with van der Waals surface area (Å²) in [6.07, 6.45) is 3.06. The van der Waals surface area contributed by atoms with Gasteiger partial charge in [0.05, 0.1) is 26.6 Å². The highest BCUT2D eigenvalue weighted by atomic mass is 79.9. The minimum atomic E-state index is -0.571. The second-order valence-corrected chi connectivity index (χ2v) is 5.01. The van der Waals surface area contributed by atoms with Gasteiger partial charge in [-0.15, -0.1) is 0 Å². The Hall–Kier alpha value is -2.14. The quantitative estimate of drug-likeness (QED) is 0.672. The van der Waals surface area contributed by atoms with Gasteiger partial charge in [0, 0.05) is 12.4 Å². The Kier molecular flexibility index (Phi) is 3.28. The van der Waals surface area contributed by atoms with Crippen LogP contribution in [0.4, 0.5) is 4.39 Å². The van der Waals surface area contributed by atoms with E-state index in [0.29, 0.717) is 16.6 Å². The highest BCUT2D eigenvalue weighted by Gasteiger charge is 2.18. The molecule has 0 spiro atoms. The summed E-state index contributed by atoms with van der Waals surface area (Å²) in [5.41, 5.74) is 1.43. The fourth-order valence-electron chi connectivity index (χ4n) is 2.00. The number of nitrogens with zero attached hydrogens (tertiary/aromatic N) is 2. The van der Waals surface area contributed by atoms with E-state index in [9.17, 15) is 9.18 Å². The van der Waals surface area contributed by atoms with Crippen molar-refractivity contribution in [1.82, 2.24) is 9.97 Å². The van der Waals surface area contributed by atoms with Crippen molar-refractivity contribution in [1.29, 1.82) is 0 Å². The smallest absolute Gasteiger partial charge is 0.198 e. The molecule has 0 unspecified atom stereocenters. The molecule has 0 saturated carbocycles. The number of ketones is 1. The number of halogens is 2. The van der Waals surface area contributed by atoms with E-state index in [0.717, 1.165) is 0 Å². The first-order chi connectivity index (χ1) is 9.68. The van der Waals surface area contributed by atoms with Gasteiger partial charge in [0.15, 0.2) is 5.78 Å². The number of benzene rings is 2. The standard InChI is InChI=1S/C15H8BrFN2O/c16-11-5-1-3-9(13(11)17)15(20)10-4-2-6-12-14(10)19-8-7-18-12/h1-8H. The zero-order valence-corrected chi connectivity index (χ0v) is 11.8. The van der Waals surface area contributed by atoms with Crippen LogP contribution in [0, 0.1) is 5.82 Å². The number of rotatable bonds is 2. The molecule has 2 aromatic carbocycles. The SMILES string of the molecule is O=C(c1cccc(Br)c1F)c1cccc2nccnc12. The van der Waals surface area contributed by atoms with Gasteiger partial charge in [0.25, 0.3) is 0 Å². The largest absolute Gasteiger partial charge is 0.288 e. The van der Waals surface area contributed by atoms with E-state index in [1.54, 1.807) is 36.5 Å². The molecular formula is C15H8BrFN2O. The van der Waals surface area contributed by atoms with Gasteiger partial charge in [-0.2, -0.15) is 0 Å². The van der Waals surface area contributed by atoms with Crippen LogP contribution in [0.1, 0.15) is 15.9 Å². The van der Waals surface area contributed by atoms with Crippen LogP contribution in [0.2, 0.25) is 0 Å². The third kappa shape index (κ3) is 2.10. The van der Waals surface area contributed by atoms with Gasteiger partial charge in [-0.3, -0.25) is 14.8 Å². The Labute approximate surface area is 122 Å². The topological polar surface area (TPSA) is 42.9 Å². The number of aromatic nitrogens is 2. The number of hydrogen-bond donors (Lipinski definition) is 0. The van der Waals surface area contributed by atoms with E-state index in [2.05, 4.69) is 25.9 Å². The maximum Gasteiger partial charge on any atom is 0.198 e. The van der Waals surface area contributed by atoms with Gasteiger partial charge in [-0.1, -0.05) is 12.1 Å². The van der Waals surface area contributed by atoms with Crippen molar-refractivity contribution in [3.05, 3.63) is 70.2 Å². The molecule has 3 aromatic rings. The molecule has 3 rings (SSSR count). The fourth-order valence-corrected chi connectivity index (χ4v) is 2.37. The third-order valence-corrected chi connectivity index (χ3v) is 3.55. The molecule has 20 heavy (non-hydrogen) atoms. The van der Waals surface area contributed by atoms with E-state index in [1.165, 1.54) is 12.3 Å². The Balaban J connectivity index is 2.21. The molecule has 98 valence electrons. The molecule has 0 aliphatic rings. The summed E-state index contributed by atoms with van der Waals surface area (Å²) >= 11 is 3.08. The first-order valence-electron chi connectivity index (χ1n) is 5.87. The summed E-state index contributed by atoms with van der Waals surface area (Å²) in [6, 6.07) is 9.72. The number of fused-ring (bicyclic) bond motifs is 1. The predicted octanol–water partition coefficient (Wildman–Crippen LogP) is 3.76. The molecule has 0 N–H and O–H groups in total. The lowest BCUT2D eigenvalue weighted by Crippen LogP contribution is -2.06. The summed E-state index contributed by atoms with van der Waals surface area (Å²) in [5, 5.41) is 0. The van der Waals surface area contributed by atoms with Crippen molar-refractivity contribution in [2.75, 3.05) is 0 Å². The van der Waals surface area contributed by atoms with Gasteiger partial charge in [0.1, 0.15) is 5.82 Å². The highest BCUT2D eigenvalue weighted by Crippen LogP contribution is 2.23. The first-order valence-corrected chi connectivity index (χ1v) is 6.66. The summed E-state index contributed by atoms with van der Waals surface area (Å²) in [6.45, 7) is 0. The molecule has 0 amide bonds. The summed E-state index contributed by atoms with van der Waals surface area (Å²) in [4.78, 5) is 20.8. The van der Waals surface area contributed by atoms with Crippen LogP contribution in [-0.2, 0) is 0 Å². The second kappa shape index (κ2) is 5.09. The molecule has 0 radical (unpaired) electrons. The van der Waals surface area contributed by atoms with E-state index >= 15 is 0 Å². The van der Waals surface area contributed by atoms with E-state index < -0.39 is 11.6 Å². The molecule has 0 atom stereocenters. The third-order valence-electron chi connectivity index (χ3n) is 2.94. The summed E-state index contributed by atoms with van der Waals surface area (Å²) in [5.74, 6) is -0.978. The van der Waals surface area contributed by atoms with Crippen molar-refractivity contribution in [2.24, 2.45) is 0 Å². The summed E-state index contributed by atoms with van der Waals surface area (Å²) < 4.78 is 14.3. The average Bonchev–Trinajstić information content (AvgIpc) is 2.49. The zero-order chi connectivity index (χ0) is 14.1. The van der Waals surface area contributed by atoms with Crippen molar-refractivity contribution < 1.29 is 9.18 Å². The van der Waals surface area contributed by atoms with Crippen molar-refractivity contribution in [2.45, 2.75) is 0 Å². The van der Waals surface area contributed by atoms with Gasteiger partial charge >= 0.3 is 0 Å². The average molecular weight is 331 g/mol. The van der Waals surface area contributed by atoms with E-state index in [1.807, 2.05) is 0 Å². The Bertz CT molecular complexity index is 815. The molecular weight excluding hydrogens is 323 g/mol. The minimum absolute atomic E-state index is 0.0116. The Morgan fingerprint density at radius 2 is 1.70 bits per heavy atom. The van der Waals surface area contributed by atoms with Crippen LogP contribution in [-0.4, -0.2) is 15.8 Å². The summed E-state index contributed by atoms with van der Waals surface area (Å²) in [7, 11) is 0. The van der Waals surface area contributed by atoms with Crippen LogP contribution in [0.25, 0.3) is 11.0 Å². The van der Waals surface area contributed by atoms with Gasteiger partial charge in [0.2, 0.25) is 0 Å². The lowest BCUT2D eigenvalue weighted by molar-refractivity contribution is 0.103. The Morgan fingerprint density at radius 3 is 2.55 bits per heavy atom. The van der Waals surface area contributed by atoms with Crippen LogP contribution in [0.5, 0.6) is 0 Å². The normalized spacial score (nSPS) is 10.7. The zero-order valence-electron chi connectivity index (χ0n) is 10.2. The van der Waals surface area contributed by atoms with Crippen molar-refractivity contribution in [3.8, 4) is 0 Å². The molecule has 0 saturated heterocycles.